The Kier molecular flexibility index (Phi) is 5.15. The number of carbonyl (C=O) groups excluding carboxylic acids is 1. The van der Waals surface area contributed by atoms with Gasteiger partial charge in [0, 0.05) is 37.5 Å². The minimum Gasteiger partial charge on any atom is -0.381 e. The van der Waals surface area contributed by atoms with E-state index in [0.717, 1.165) is 30.5 Å². The molecule has 2 heterocycles. The second-order valence-corrected chi connectivity index (χ2v) is 5.48. The minimum absolute atomic E-state index is 0.0929. The van der Waals surface area contributed by atoms with Crippen molar-refractivity contribution in [2.24, 2.45) is 5.92 Å². The van der Waals surface area contributed by atoms with Crippen LogP contribution in [0.5, 0.6) is 0 Å². The van der Waals surface area contributed by atoms with Gasteiger partial charge in [-0.05, 0) is 40.8 Å². The lowest BCUT2D eigenvalue weighted by atomic mass is 10.0. The van der Waals surface area contributed by atoms with Gasteiger partial charge in [-0.1, -0.05) is 0 Å². The van der Waals surface area contributed by atoms with Crippen LogP contribution in [0.25, 0.3) is 0 Å². The van der Waals surface area contributed by atoms with Gasteiger partial charge in [0.25, 0.3) is 5.91 Å². The van der Waals surface area contributed by atoms with Gasteiger partial charge in [0.2, 0.25) is 0 Å². The molecule has 1 saturated heterocycles. The largest absolute Gasteiger partial charge is 0.381 e. The fourth-order valence-corrected chi connectivity index (χ4v) is 2.43. The Morgan fingerprint density at radius 1 is 1.53 bits per heavy atom. The number of hydrogen-bond acceptors (Lipinski definition) is 4. The molecule has 6 heteroatoms. The summed E-state index contributed by atoms with van der Waals surface area (Å²) in [7, 11) is 1.76. The van der Waals surface area contributed by atoms with Crippen molar-refractivity contribution in [2.75, 3.05) is 32.1 Å². The van der Waals surface area contributed by atoms with E-state index in [1.54, 1.807) is 19.3 Å². The zero-order chi connectivity index (χ0) is 13.7. The monoisotopic (exact) mass is 327 g/mol. The van der Waals surface area contributed by atoms with E-state index in [0.29, 0.717) is 23.8 Å². The van der Waals surface area contributed by atoms with E-state index in [9.17, 15) is 4.79 Å². The van der Waals surface area contributed by atoms with E-state index < -0.39 is 0 Å². The molecule has 104 valence electrons. The fraction of sp³-hybridized carbons (Fsp3) is 0.538. The van der Waals surface area contributed by atoms with Crippen LogP contribution in [0.15, 0.2) is 16.7 Å². The molecule has 0 unspecified atom stereocenters. The molecule has 0 bridgehead atoms. The smallest absolute Gasteiger partial charge is 0.255 e. The third-order valence-corrected chi connectivity index (χ3v) is 3.66. The molecule has 1 amide bonds. The van der Waals surface area contributed by atoms with Crippen LogP contribution in [0.3, 0.4) is 0 Å². The molecule has 1 fully saturated rings. The van der Waals surface area contributed by atoms with E-state index in [-0.39, 0.29) is 5.91 Å². The number of anilines is 1. The number of carbonyl (C=O) groups is 1. The normalized spacial score (nSPS) is 16.1. The van der Waals surface area contributed by atoms with Crippen LogP contribution in [0.4, 0.5) is 5.82 Å². The van der Waals surface area contributed by atoms with Gasteiger partial charge in [-0.25, -0.2) is 4.98 Å². The molecule has 0 radical (unpaired) electrons. The average molecular weight is 328 g/mol. The van der Waals surface area contributed by atoms with Crippen molar-refractivity contribution in [2.45, 2.75) is 12.8 Å². The maximum atomic E-state index is 12.2. The number of halogens is 1. The van der Waals surface area contributed by atoms with Crippen LogP contribution in [-0.2, 0) is 4.74 Å². The van der Waals surface area contributed by atoms with Crippen LogP contribution in [0, 0.1) is 5.92 Å². The van der Waals surface area contributed by atoms with Crippen molar-refractivity contribution in [3.8, 4) is 0 Å². The minimum atomic E-state index is -0.0929. The predicted molar refractivity (Wildman–Crippen MR) is 77.4 cm³/mol. The highest BCUT2D eigenvalue weighted by Gasteiger charge is 2.17. The molecule has 2 rings (SSSR count). The van der Waals surface area contributed by atoms with Crippen LogP contribution in [0.1, 0.15) is 23.2 Å². The summed E-state index contributed by atoms with van der Waals surface area (Å²) in [6.07, 6.45) is 3.69. The summed E-state index contributed by atoms with van der Waals surface area (Å²) < 4.78 is 6.10. The van der Waals surface area contributed by atoms with E-state index in [1.807, 2.05) is 0 Å². The van der Waals surface area contributed by atoms with Crippen molar-refractivity contribution >= 4 is 27.7 Å². The second-order valence-electron chi connectivity index (χ2n) is 4.57. The summed E-state index contributed by atoms with van der Waals surface area (Å²) in [5.74, 6) is 1.01. The van der Waals surface area contributed by atoms with E-state index >= 15 is 0 Å². The summed E-state index contributed by atoms with van der Waals surface area (Å²) in [4.78, 5) is 16.3. The summed E-state index contributed by atoms with van der Waals surface area (Å²) in [6.45, 7) is 2.28. The lowest BCUT2D eigenvalue weighted by Gasteiger charge is -2.22. The van der Waals surface area contributed by atoms with Crippen LogP contribution < -0.4 is 10.6 Å². The van der Waals surface area contributed by atoms with Crippen molar-refractivity contribution in [1.29, 1.82) is 0 Å². The van der Waals surface area contributed by atoms with Crippen molar-refractivity contribution in [3.05, 3.63) is 22.3 Å². The average Bonchev–Trinajstić information content (AvgIpc) is 2.46. The van der Waals surface area contributed by atoms with Gasteiger partial charge in [0.1, 0.15) is 5.82 Å². The Morgan fingerprint density at radius 3 is 2.95 bits per heavy atom. The molecular weight excluding hydrogens is 310 g/mol. The number of amides is 1. The first-order chi connectivity index (χ1) is 9.20. The number of nitrogens with one attached hydrogen (secondary N) is 2. The molecule has 0 spiro atoms. The van der Waals surface area contributed by atoms with Crippen LogP contribution >= 0.6 is 15.9 Å². The summed E-state index contributed by atoms with van der Waals surface area (Å²) >= 11 is 3.33. The maximum absolute atomic E-state index is 12.2. The molecule has 1 aliphatic rings. The third kappa shape index (κ3) is 3.91. The maximum Gasteiger partial charge on any atom is 0.255 e. The number of pyridine rings is 1. The Balaban J connectivity index is 1.97. The Hall–Kier alpha value is -1.14. The summed E-state index contributed by atoms with van der Waals surface area (Å²) in [6, 6.07) is 1.78. The Bertz CT molecular complexity index is 448. The SMILES string of the molecule is CNc1ncc(Br)cc1C(=O)NCC1CCOCC1. The summed E-state index contributed by atoms with van der Waals surface area (Å²) in [5, 5.41) is 5.90. The number of aromatic nitrogens is 1. The third-order valence-electron chi connectivity index (χ3n) is 3.23. The first kappa shape index (κ1) is 14.3. The molecule has 0 aromatic carbocycles. The van der Waals surface area contributed by atoms with Gasteiger partial charge in [-0.3, -0.25) is 4.79 Å². The zero-order valence-corrected chi connectivity index (χ0v) is 12.5. The highest BCUT2D eigenvalue weighted by atomic mass is 79.9. The lowest BCUT2D eigenvalue weighted by molar-refractivity contribution is 0.0643. The van der Waals surface area contributed by atoms with Crippen LogP contribution in [-0.4, -0.2) is 37.7 Å². The number of ether oxygens (including phenoxy) is 1. The van der Waals surface area contributed by atoms with Crippen molar-refractivity contribution < 1.29 is 9.53 Å². The van der Waals surface area contributed by atoms with Crippen molar-refractivity contribution in [1.82, 2.24) is 10.3 Å². The van der Waals surface area contributed by atoms with Gasteiger partial charge in [-0.15, -0.1) is 0 Å². The topological polar surface area (TPSA) is 63.2 Å². The second kappa shape index (κ2) is 6.86. The van der Waals surface area contributed by atoms with Gasteiger partial charge in [0.15, 0.2) is 0 Å². The van der Waals surface area contributed by atoms with Crippen molar-refractivity contribution in [3.63, 3.8) is 0 Å². The van der Waals surface area contributed by atoms with E-state index in [2.05, 4.69) is 31.5 Å². The van der Waals surface area contributed by atoms with Gasteiger partial charge in [0.05, 0.1) is 5.56 Å². The molecule has 1 aromatic rings. The molecule has 5 nitrogen and oxygen atoms in total. The molecule has 0 saturated carbocycles. The van der Waals surface area contributed by atoms with Gasteiger partial charge < -0.3 is 15.4 Å². The Labute approximate surface area is 121 Å². The first-order valence-corrected chi connectivity index (χ1v) is 7.19. The van der Waals surface area contributed by atoms with Gasteiger partial charge >= 0.3 is 0 Å². The molecule has 0 atom stereocenters. The lowest BCUT2D eigenvalue weighted by Crippen LogP contribution is -2.32. The standard InChI is InChI=1S/C13H18BrN3O2/c1-15-12-11(6-10(14)8-16-12)13(18)17-7-9-2-4-19-5-3-9/h6,8-9H,2-5,7H2,1H3,(H,15,16)(H,17,18). The van der Waals surface area contributed by atoms with Crippen LogP contribution in [0.2, 0.25) is 0 Å². The first-order valence-electron chi connectivity index (χ1n) is 6.40. The fourth-order valence-electron chi connectivity index (χ4n) is 2.09. The van der Waals surface area contributed by atoms with E-state index in [4.69, 9.17) is 4.74 Å². The molecule has 0 aliphatic carbocycles. The molecule has 1 aliphatic heterocycles. The molecule has 19 heavy (non-hydrogen) atoms. The number of nitrogens with zero attached hydrogens (tertiary/aromatic N) is 1. The van der Waals surface area contributed by atoms with E-state index in [1.165, 1.54) is 0 Å². The molecular formula is C13H18BrN3O2. The quantitative estimate of drug-likeness (QED) is 0.888. The highest BCUT2D eigenvalue weighted by Crippen LogP contribution is 2.18. The summed E-state index contributed by atoms with van der Waals surface area (Å²) in [5.41, 5.74) is 0.559. The molecule has 1 aromatic heterocycles. The zero-order valence-electron chi connectivity index (χ0n) is 10.9. The number of hydrogen-bond donors (Lipinski definition) is 2. The number of rotatable bonds is 4. The predicted octanol–water partition coefficient (Wildman–Crippen LogP) is 2.04. The Morgan fingerprint density at radius 2 is 2.26 bits per heavy atom. The highest BCUT2D eigenvalue weighted by molar-refractivity contribution is 9.10. The molecule has 2 N–H and O–H groups in total. The van der Waals surface area contributed by atoms with Gasteiger partial charge in [-0.2, -0.15) is 0 Å².